The Bertz CT molecular complexity index is 1110. The summed E-state index contributed by atoms with van der Waals surface area (Å²) in [5, 5.41) is 8.31. The first kappa shape index (κ1) is 20.3. The lowest BCUT2D eigenvalue weighted by molar-refractivity contribution is 0.0529. The number of rotatable bonds is 3. The number of aryl methyl sites for hydroxylation is 1. The van der Waals surface area contributed by atoms with Crippen molar-refractivity contribution in [3.63, 3.8) is 0 Å². The van der Waals surface area contributed by atoms with Gasteiger partial charge in [-0.05, 0) is 37.1 Å². The number of hydrogen-bond donors (Lipinski definition) is 0. The van der Waals surface area contributed by atoms with E-state index >= 15 is 0 Å². The summed E-state index contributed by atoms with van der Waals surface area (Å²) in [4.78, 5) is 37.9. The fraction of sp³-hybridized carbons (Fsp3) is 0.391. The highest BCUT2D eigenvalue weighted by molar-refractivity contribution is 5.94. The van der Waals surface area contributed by atoms with Crippen molar-refractivity contribution in [2.24, 2.45) is 5.41 Å². The number of aromatic nitrogens is 4. The highest BCUT2D eigenvalue weighted by atomic mass is 16.4. The average molecular weight is 432 g/mol. The zero-order valence-electron chi connectivity index (χ0n) is 17.8. The molecule has 5 heterocycles. The van der Waals surface area contributed by atoms with Crippen LogP contribution >= 0.6 is 0 Å². The second-order valence-electron chi connectivity index (χ2n) is 8.54. The number of carbonyl (C=O) groups excluding carboxylic acids is 2. The minimum absolute atomic E-state index is 0.0144. The monoisotopic (exact) mass is 432 g/mol. The molecule has 2 aliphatic heterocycles. The maximum atomic E-state index is 13.2. The summed E-state index contributed by atoms with van der Waals surface area (Å²) in [6.45, 7) is 4.07. The predicted octanol–water partition coefficient (Wildman–Crippen LogP) is 2.33. The molecule has 0 bridgehead atoms. The van der Waals surface area contributed by atoms with Crippen molar-refractivity contribution in [3.8, 4) is 0 Å². The van der Waals surface area contributed by atoms with Gasteiger partial charge in [-0.2, -0.15) is 0 Å². The minimum atomic E-state index is -0.220. The van der Waals surface area contributed by atoms with Gasteiger partial charge in [-0.1, -0.05) is 0 Å². The lowest BCUT2D eigenvalue weighted by Crippen LogP contribution is -2.46. The van der Waals surface area contributed by atoms with Gasteiger partial charge in [0.2, 0.25) is 11.8 Å². The molecule has 2 amide bonds. The van der Waals surface area contributed by atoms with Gasteiger partial charge in [0.15, 0.2) is 0 Å². The van der Waals surface area contributed by atoms with Crippen LogP contribution in [-0.4, -0.2) is 68.0 Å². The van der Waals surface area contributed by atoms with E-state index in [0.29, 0.717) is 49.1 Å². The molecule has 2 aliphatic rings. The third-order valence-corrected chi connectivity index (χ3v) is 6.64. The van der Waals surface area contributed by atoms with Crippen molar-refractivity contribution >= 4 is 11.8 Å². The molecule has 5 rings (SSSR count). The SMILES string of the molecule is Cc1nnc(C2CN(C(=O)c3cccnc3)CC23CCN(C(=O)c2cccnc2)CC3)o1. The van der Waals surface area contributed by atoms with Gasteiger partial charge in [-0.15, -0.1) is 10.2 Å². The second kappa shape index (κ2) is 8.14. The van der Waals surface area contributed by atoms with Gasteiger partial charge in [0, 0.05) is 63.3 Å². The van der Waals surface area contributed by atoms with E-state index in [9.17, 15) is 9.59 Å². The molecule has 1 spiro atoms. The summed E-state index contributed by atoms with van der Waals surface area (Å²) in [5.41, 5.74) is 0.935. The third kappa shape index (κ3) is 3.63. The van der Waals surface area contributed by atoms with Gasteiger partial charge in [0.05, 0.1) is 17.0 Å². The molecular weight excluding hydrogens is 408 g/mol. The maximum Gasteiger partial charge on any atom is 0.255 e. The highest BCUT2D eigenvalue weighted by Crippen LogP contribution is 2.49. The Morgan fingerprint density at radius 1 is 0.969 bits per heavy atom. The molecule has 0 aliphatic carbocycles. The largest absolute Gasteiger partial charge is 0.425 e. The van der Waals surface area contributed by atoms with Crippen molar-refractivity contribution in [3.05, 3.63) is 72.0 Å². The number of pyridine rings is 2. The summed E-state index contributed by atoms with van der Waals surface area (Å²) in [6.07, 6.45) is 8.01. The summed E-state index contributed by atoms with van der Waals surface area (Å²) >= 11 is 0. The Hall–Kier alpha value is -3.62. The first-order chi connectivity index (χ1) is 15.6. The van der Waals surface area contributed by atoms with E-state index in [-0.39, 0.29) is 23.1 Å². The van der Waals surface area contributed by atoms with E-state index < -0.39 is 0 Å². The van der Waals surface area contributed by atoms with E-state index in [1.807, 2.05) is 9.80 Å². The molecule has 2 saturated heterocycles. The Morgan fingerprint density at radius 2 is 1.59 bits per heavy atom. The predicted molar refractivity (Wildman–Crippen MR) is 114 cm³/mol. The molecule has 1 unspecified atom stereocenters. The fourth-order valence-electron chi connectivity index (χ4n) is 4.92. The lowest BCUT2D eigenvalue weighted by Gasteiger charge is -2.41. The van der Waals surface area contributed by atoms with Crippen molar-refractivity contribution in [2.45, 2.75) is 25.7 Å². The van der Waals surface area contributed by atoms with Crippen LogP contribution in [0.5, 0.6) is 0 Å². The van der Waals surface area contributed by atoms with Crippen LogP contribution < -0.4 is 0 Å². The molecule has 9 nitrogen and oxygen atoms in total. The molecule has 3 aromatic heterocycles. The Morgan fingerprint density at radius 3 is 2.12 bits per heavy atom. The minimum Gasteiger partial charge on any atom is -0.425 e. The van der Waals surface area contributed by atoms with Crippen LogP contribution in [0.1, 0.15) is 51.3 Å². The third-order valence-electron chi connectivity index (χ3n) is 6.64. The molecule has 3 aromatic rings. The molecule has 0 radical (unpaired) electrons. The zero-order chi connectivity index (χ0) is 22.1. The van der Waals surface area contributed by atoms with Crippen LogP contribution in [0, 0.1) is 12.3 Å². The van der Waals surface area contributed by atoms with E-state index in [0.717, 1.165) is 12.8 Å². The van der Waals surface area contributed by atoms with Crippen LogP contribution in [0.4, 0.5) is 0 Å². The number of hydrogen-bond acceptors (Lipinski definition) is 7. The van der Waals surface area contributed by atoms with Crippen LogP contribution in [-0.2, 0) is 0 Å². The summed E-state index contributed by atoms with van der Waals surface area (Å²) in [6, 6.07) is 7.10. The highest BCUT2D eigenvalue weighted by Gasteiger charge is 2.52. The van der Waals surface area contributed by atoms with Gasteiger partial charge >= 0.3 is 0 Å². The molecule has 32 heavy (non-hydrogen) atoms. The molecule has 0 saturated carbocycles. The molecule has 2 fully saturated rings. The topological polar surface area (TPSA) is 105 Å². The molecule has 164 valence electrons. The average Bonchev–Trinajstić information content (AvgIpc) is 3.43. The van der Waals surface area contributed by atoms with Crippen LogP contribution in [0.25, 0.3) is 0 Å². The van der Waals surface area contributed by atoms with Crippen molar-refractivity contribution in [1.82, 2.24) is 30.0 Å². The zero-order valence-corrected chi connectivity index (χ0v) is 17.8. The first-order valence-electron chi connectivity index (χ1n) is 10.7. The van der Waals surface area contributed by atoms with E-state index in [1.54, 1.807) is 56.0 Å². The number of amides is 2. The summed E-state index contributed by atoms with van der Waals surface area (Å²) < 4.78 is 5.81. The second-order valence-corrected chi connectivity index (χ2v) is 8.54. The number of carbonyl (C=O) groups is 2. The Kier molecular flexibility index (Phi) is 5.16. The lowest BCUT2D eigenvalue weighted by atomic mass is 9.70. The molecule has 0 N–H and O–H groups in total. The summed E-state index contributed by atoms with van der Waals surface area (Å²) in [5.74, 6) is 0.942. The number of likely N-dealkylation sites (tertiary alicyclic amines) is 2. The smallest absolute Gasteiger partial charge is 0.255 e. The van der Waals surface area contributed by atoms with E-state index in [2.05, 4.69) is 20.2 Å². The molecule has 1 atom stereocenters. The number of piperidine rings is 1. The molecule has 9 heteroatoms. The maximum absolute atomic E-state index is 13.2. The van der Waals surface area contributed by atoms with Gasteiger partial charge in [-0.3, -0.25) is 19.6 Å². The van der Waals surface area contributed by atoms with Gasteiger partial charge < -0.3 is 14.2 Å². The van der Waals surface area contributed by atoms with Crippen LogP contribution in [0.3, 0.4) is 0 Å². The van der Waals surface area contributed by atoms with Gasteiger partial charge in [0.25, 0.3) is 11.8 Å². The van der Waals surface area contributed by atoms with Crippen LogP contribution in [0.15, 0.2) is 53.5 Å². The Labute approximate surface area is 185 Å². The van der Waals surface area contributed by atoms with E-state index in [1.165, 1.54) is 0 Å². The van der Waals surface area contributed by atoms with Crippen LogP contribution in [0.2, 0.25) is 0 Å². The molecule has 0 aromatic carbocycles. The Balaban J connectivity index is 1.38. The van der Waals surface area contributed by atoms with Crippen molar-refractivity contribution < 1.29 is 14.0 Å². The van der Waals surface area contributed by atoms with Gasteiger partial charge in [-0.25, -0.2) is 0 Å². The normalized spacial score (nSPS) is 20.0. The quantitative estimate of drug-likeness (QED) is 0.625. The molecular formula is C23H24N6O3. The fourth-order valence-corrected chi connectivity index (χ4v) is 4.92. The van der Waals surface area contributed by atoms with Gasteiger partial charge in [0.1, 0.15) is 0 Å². The number of nitrogens with zero attached hydrogens (tertiary/aromatic N) is 6. The van der Waals surface area contributed by atoms with Crippen molar-refractivity contribution in [2.75, 3.05) is 26.2 Å². The van der Waals surface area contributed by atoms with E-state index in [4.69, 9.17) is 4.42 Å². The first-order valence-corrected chi connectivity index (χ1v) is 10.7. The summed E-state index contributed by atoms with van der Waals surface area (Å²) in [7, 11) is 0. The van der Waals surface area contributed by atoms with Crippen molar-refractivity contribution in [1.29, 1.82) is 0 Å². The standard InChI is InChI=1S/C23H24N6O3/c1-16-26-27-20(32-16)19-14-29(22(31)18-5-3-9-25-13-18)15-23(19)6-10-28(11-7-23)21(30)17-4-2-8-24-12-17/h2-5,8-9,12-13,19H,6-7,10-11,14-15H2,1H3.